The zero-order valence-corrected chi connectivity index (χ0v) is 12.7. The second kappa shape index (κ2) is 5.07. The van der Waals surface area contributed by atoms with Crippen molar-refractivity contribution in [2.45, 2.75) is 0 Å². The van der Waals surface area contributed by atoms with Crippen molar-refractivity contribution in [3.63, 3.8) is 0 Å². The molecule has 0 unspecified atom stereocenters. The van der Waals surface area contributed by atoms with Crippen LogP contribution in [0.15, 0.2) is 34.8 Å². The third-order valence-corrected chi connectivity index (χ3v) is 3.79. The summed E-state index contributed by atoms with van der Waals surface area (Å²) < 4.78 is 19.2. The minimum absolute atomic E-state index is 0.337. The molecule has 0 aliphatic heterocycles. The van der Waals surface area contributed by atoms with Crippen LogP contribution < -0.4 is 4.74 Å². The molecule has 0 amide bonds. The molecule has 0 bridgehead atoms. The molecule has 0 spiro atoms. The minimum atomic E-state index is -0.337. The predicted molar refractivity (Wildman–Crippen MR) is 80.7 cm³/mol. The number of nitrogens with zero attached hydrogens (tertiary/aromatic N) is 1. The van der Waals surface area contributed by atoms with E-state index in [1.54, 1.807) is 25.3 Å². The Morgan fingerprint density at radius 2 is 2.10 bits per heavy atom. The summed E-state index contributed by atoms with van der Waals surface area (Å²) in [5.41, 5.74) is 2.06. The lowest BCUT2D eigenvalue weighted by molar-refractivity contribution is 0.416. The summed E-state index contributed by atoms with van der Waals surface area (Å²) in [5, 5.41) is 0.579. The Kier molecular flexibility index (Phi) is 3.40. The molecule has 3 nitrogen and oxygen atoms in total. The molecular weight excluding hydrogens is 347 g/mol. The van der Waals surface area contributed by atoms with Gasteiger partial charge in [0.25, 0.3) is 0 Å². The van der Waals surface area contributed by atoms with Gasteiger partial charge in [-0.3, -0.25) is 0 Å². The van der Waals surface area contributed by atoms with Crippen LogP contribution in [0.2, 0.25) is 5.02 Å². The second-order valence-corrected chi connectivity index (χ2v) is 5.50. The first-order chi connectivity index (χ1) is 9.58. The van der Waals surface area contributed by atoms with Gasteiger partial charge in [-0.15, -0.1) is 0 Å². The lowest BCUT2D eigenvalue weighted by Gasteiger charge is -2.06. The van der Waals surface area contributed by atoms with Crippen LogP contribution in [-0.4, -0.2) is 17.1 Å². The first kappa shape index (κ1) is 13.4. The zero-order chi connectivity index (χ0) is 14.3. The highest BCUT2D eigenvalue weighted by Crippen LogP contribution is 2.32. The molecule has 0 radical (unpaired) electrons. The van der Waals surface area contributed by atoms with E-state index in [-0.39, 0.29) is 5.82 Å². The molecule has 3 aromatic rings. The lowest BCUT2D eigenvalue weighted by Crippen LogP contribution is -1.89. The Balaban J connectivity index is 2.20. The fraction of sp³-hybridized carbons (Fsp3) is 0.0714. The predicted octanol–water partition coefficient (Wildman–Crippen LogP) is 4.79. The summed E-state index contributed by atoms with van der Waals surface area (Å²) in [6.45, 7) is 0. The summed E-state index contributed by atoms with van der Waals surface area (Å²) in [5.74, 6) is 0.873. The molecule has 2 aromatic carbocycles. The molecule has 0 aliphatic carbocycles. The number of halogens is 3. The van der Waals surface area contributed by atoms with Crippen molar-refractivity contribution in [3.8, 4) is 17.1 Å². The van der Waals surface area contributed by atoms with Crippen LogP contribution >= 0.6 is 27.5 Å². The van der Waals surface area contributed by atoms with Gasteiger partial charge in [-0.2, -0.15) is 0 Å². The monoisotopic (exact) mass is 354 g/mol. The number of fused-ring (bicyclic) bond motifs is 1. The van der Waals surface area contributed by atoms with Crippen LogP contribution in [0.1, 0.15) is 0 Å². The number of H-pyrrole nitrogens is 1. The highest BCUT2D eigenvalue weighted by Gasteiger charge is 2.12. The minimum Gasteiger partial charge on any atom is -0.496 e. The topological polar surface area (TPSA) is 37.9 Å². The smallest absolute Gasteiger partial charge is 0.142 e. The molecule has 0 atom stereocenters. The third kappa shape index (κ3) is 2.27. The Bertz CT molecular complexity index is 764. The van der Waals surface area contributed by atoms with Crippen molar-refractivity contribution in [2.75, 3.05) is 7.11 Å². The highest BCUT2D eigenvalue weighted by molar-refractivity contribution is 9.10. The summed E-state index contributed by atoms with van der Waals surface area (Å²) in [6, 6.07) is 8.30. The number of nitrogens with one attached hydrogen (secondary N) is 1. The van der Waals surface area contributed by atoms with E-state index in [2.05, 4.69) is 25.9 Å². The quantitative estimate of drug-likeness (QED) is 0.717. The normalized spacial score (nSPS) is 11.0. The number of hydrogen-bond acceptors (Lipinski definition) is 2. The van der Waals surface area contributed by atoms with E-state index in [9.17, 15) is 4.39 Å². The fourth-order valence-corrected chi connectivity index (χ4v) is 2.49. The molecule has 0 saturated heterocycles. The largest absolute Gasteiger partial charge is 0.496 e. The van der Waals surface area contributed by atoms with E-state index in [0.29, 0.717) is 32.1 Å². The van der Waals surface area contributed by atoms with Gasteiger partial charge in [0.15, 0.2) is 0 Å². The van der Waals surface area contributed by atoms with Crippen LogP contribution in [0.25, 0.3) is 22.4 Å². The van der Waals surface area contributed by atoms with Crippen molar-refractivity contribution in [1.29, 1.82) is 0 Å². The van der Waals surface area contributed by atoms with Crippen molar-refractivity contribution in [2.24, 2.45) is 0 Å². The second-order valence-electron chi connectivity index (χ2n) is 4.21. The van der Waals surface area contributed by atoms with Gasteiger partial charge in [-0.05, 0) is 40.2 Å². The number of aromatic amines is 1. The molecule has 3 rings (SSSR count). The molecule has 0 fully saturated rings. The molecule has 20 heavy (non-hydrogen) atoms. The standard InChI is InChI=1S/C14H9BrClFN2O/c1-20-13-4-7(16)2-3-8(13)14-18-11-5-9(15)10(17)6-12(11)19-14/h2-6H,1H3,(H,18,19). The Hall–Kier alpha value is -1.59. The fourth-order valence-electron chi connectivity index (χ4n) is 1.99. The van der Waals surface area contributed by atoms with Crippen LogP contribution in [0.5, 0.6) is 5.75 Å². The molecule has 1 aromatic heterocycles. The van der Waals surface area contributed by atoms with Crippen molar-refractivity contribution < 1.29 is 9.13 Å². The van der Waals surface area contributed by atoms with E-state index >= 15 is 0 Å². The van der Waals surface area contributed by atoms with Gasteiger partial charge in [-0.25, -0.2) is 9.37 Å². The Morgan fingerprint density at radius 1 is 1.30 bits per heavy atom. The average molecular weight is 356 g/mol. The first-order valence-electron chi connectivity index (χ1n) is 5.77. The van der Waals surface area contributed by atoms with Crippen molar-refractivity contribution in [3.05, 3.63) is 45.6 Å². The first-order valence-corrected chi connectivity index (χ1v) is 6.94. The zero-order valence-electron chi connectivity index (χ0n) is 10.4. The highest BCUT2D eigenvalue weighted by atomic mass is 79.9. The van der Waals surface area contributed by atoms with Crippen LogP contribution in [-0.2, 0) is 0 Å². The van der Waals surface area contributed by atoms with Gasteiger partial charge >= 0.3 is 0 Å². The van der Waals surface area contributed by atoms with Gasteiger partial charge in [0, 0.05) is 11.1 Å². The molecule has 102 valence electrons. The number of aromatic nitrogens is 2. The maximum Gasteiger partial charge on any atom is 0.142 e. The maximum absolute atomic E-state index is 13.5. The van der Waals surface area contributed by atoms with Crippen molar-refractivity contribution >= 4 is 38.6 Å². The van der Waals surface area contributed by atoms with Gasteiger partial charge in [-0.1, -0.05) is 11.6 Å². The van der Waals surface area contributed by atoms with E-state index < -0.39 is 0 Å². The number of rotatable bonds is 2. The number of methoxy groups -OCH3 is 1. The Morgan fingerprint density at radius 3 is 2.85 bits per heavy atom. The SMILES string of the molecule is COc1cc(Cl)ccc1-c1nc2cc(Br)c(F)cc2[nH]1. The molecule has 6 heteroatoms. The number of ether oxygens (including phenoxy) is 1. The summed E-state index contributed by atoms with van der Waals surface area (Å²) in [6.07, 6.45) is 0. The molecule has 1 N–H and O–H groups in total. The number of hydrogen-bond donors (Lipinski definition) is 1. The number of imidazole rings is 1. The molecular formula is C14H9BrClFN2O. The number of benzene rings is 2. The van der Waals surface area contributed by atoms with Gasteiger partial charge in [0.1, 0.15) is 17.4 Å². The van der Waals surface area contributed by atoms with Crippen LogP contribution in [0.3, 0.4) is 0 Å². The summed E-state index contributed by atoms with van der Waals surface area (Å²) in [7, 11) is 1.56. The van der Waals surface area contributed by atoms with Crippen LogP contribution in [0.4, 0.5) is 4.39 Å². The van der Waals surface area contributed by atoms with E-state index in [1.165, 1.54) is 6.07 Å². The maximum atomic E-state index is 13.5. The molecule has 0 saturated carbocycles. The van der Waals surface area contributed by atoms with Gasteiger partial charge in [0.2, 0.25) is 0 Å². The average Bonchev–Trinajstić information content (AvgIpc) is 2.81. The lowest BCUT2D eigenvalue weighted by atomic mass is 10.2. The molecule has 1 heterocycles. The van der Waals surface area contributed by atoms with E-state index in [0.717, 1.165) is 5.56 Å². The summed E-state index contributed by atoms with van der Waals surface area (Å²) >= 11 is 9.09. The van der Waals surface area contributed by atoms with Crippen molar-refractivity contribution in [1.82, 2.24) is 9.97 Å². The summed E-state index contributed by atoms with van der Waals surface area (Å²) in [4.78, 5) is 7.53. The van der Waals surface area contributed by atoms with Gasteiger partial charge < -0.3 is 9.72 Å². The van der Waals surface area contributed by atoms with E-state index in [4.69, 9.17) is 16.3 Å². The van der Waals surface area contributed by atoms with Crippen LogP contribution in [0, 0.1) is 5.82 Å². The van der Waals surface area contributed by atoms with Gasteiger partial charge in [0.05, 0.1) is 28.2 Å². The molecule has 0 aliphatic rings. The van der Waals surface area contributed by atoms with E-state index in [1.807, 2.05) is 6.07 Å². The Labute approximate surface area is 127 Å². The third-order valence-electron chi connectivity index (χ3n) is 2.94.